The van der Waals surface area contributed by atoms with Crippen LogP contribution in [0.2, 0.25) is 0 Å². The number of nitro benzene ring substituents is 1. The smallest absolute Gasteiger partial charge is 0.270 e. The lowest BCUT2D eigenvalue weighted by atomic mass is 10.1. The van der Waals surface area contributed by atoms with Crippen molar-refractivity contribution in [2.45, 2.75) is 0 Å². The summed E-state index contributed by atoms with van der Waals surface area (Å²) in [5, 5.41) is 13.7. The van der Waals surface area contributed by atoms with Gasteiger partial charge in [0.25, 0.3) is 11.6 Å². The molecular weight excluding hydrogens is 354 g/mol. The first-order valence-electron chi connectivity index (χ1n) is 8.22. The second kappa shape index (κ2) is 7.81. The number of non-ortho nitro benzene ring substituents is 1. The quantitative estimate of drug-likeness (QED) is 0.451. The monoisotopic (exact) mass is 373 g/mol. The number of benzene rings is 2. The first-order valence-corrected chi connectivity index (χ1v) is 8.22. The second-order valence-electron chi connectivity index (χ2n) is 5.97. The lowest BCUT2D eigenvalue weighted by Gasteiger charge is -2.17. The Kier molecular flexibility index (Phi) is 5.30. The maximum atomic E-state index is 12.5. The molecular formula is C18H19N3O6. The Bertz CT molecular complexity index is 868. The van der Waals surface area contributed by atoms with E-state index in [2.05, 4.69) is 5.32 Å². The van der Waals surface area contributed by atoms with Gasteiger partial charge in [0.15, 0.2) is 11.5 Å². The van der Waals surface area contributed by atoms with Gasteiger partial charge in [-0.2, -0.15) is 0 Å². The molecule has 1 amide bonds. The molecule has 3 rings (SSSR count). The summed E-state index contributed by atoms with van der Waals surface area (Å²) in [5.41, 5.74) is 0.689. The summed E-state index contributed by atoms with van der Waals surface area (Å²) in [5.74, 6) is 1.47. The number of hydrogen-bond acceptors (Lipinski definition) is 7. The van der Waals surface area contributed by atoms with E-state index in [1.54, 1.807) is 43.3 Å². The van der Waals surface area contributed by atoms with Crippen LogP contribution in [0.4, 0.5) is 11.4 Å². The molecule has 0 aliphatic carbocycles. The predicted octanol–water partition coefficient (Wildman–Crippen LogP) is 2.20. The van der Waals surface area contributed by atoms with Crippen LogP contribution in [0.3, 0.4) is 0 Å². The van der Waals surface area contributed by atoms with E-state index >= 15 is 0 Å². The first kappa shape index (κ1) is 18.3. The van der Waals surface area contributed by atoms with Crippen LogP contribution < -0.4 is 24.4 Å². The fraction of sp³-hybridized carbons (Fsp3) is 0.278. The fourth-order valence-electron chi connectivity index (χ4n) is 2.60. The molecule has 0 saturated heterocycles. The standard InChI is InChI=1S/C18H19N3O6/c1-20(2)15-5-3-12(21(23)24)9-14(15)18(22)19-7-8-25-13-4-6-16-17(10-13)27-11-26-16/h3-6,9-10H,7-8,11H2,1-2H3,(H,19,22). The van der Waals surface area contributed by atoms with Crippen LogP contribution >= 0.6 is 0 Å². The third kappa shape index (κ3) is 4.20. The number of rotatable bonds is 7. The van der Waals surface area contributed by atoms with Crippen LogP contribution in [0, 0.1) is 10.1 Å². The second-order valence-corrected chi connectivity index (χ2v) is 5.97. The minimum Gasteiger partial charge on any atom is -0.492 e. The molecule has 0 aromatic heterocycles. The molecule has 1 aliphatic rings. The van der Waals surface area contributed by atoms with Gasteiger partial charge in [0, 0.05) is 38.0 Å². The molecule has 27 heavy (non-hydrogen) atoms. The predicted molar refractivity (Wildman–Crippen MR) is 97.8 cm³/mol. The molecule has 0 radical (unpaired) electrons. The van der Waals surface area contributed by atoms with Crippen LogP contribution in [0.5, 0.6) is 17.2 Å². The van der Waals surface area contributed by atoms with Gasteiger partial charge >= 0.3 is 0 Å². The third-order valence-electron chi connectivity index (χ3n) is 3.92. The van der Waals surface area contributed by atoms with E-state index in [-0.39, 0.29) is 31.2 Å². The lowest BCUT2D eigenvalue weighted by molar-refractivity contribution is -0.384. The molecule has 2 aromatic carbocycles. The zero-order valence-corrected chi connectivity index (χ0v) is 14.9. The fourth-order valence-corrected chi connectivity index (χ4v) is 2.60. The number of nitro groups is 1. The average Bonchev–Trinajstić information content (AvgIpc) is 3.12. The van der Waals surface area contributed by atoms with Crippen LogP contribution in [0.15, 0.2) is 36.4 Å². The molecule has 1 heterocycles. The zero-order valence-electron chi connectivity index (χ0n) is 14.9. The number of amides is 1. The molecule has 0 atom stereocenters. The van der Waals surface area contributed by atoms with Crippen molar-refractivity contribution < 1.29 is 23.9 Å². The number of fused-ring (bicyclic) bond motifs is 1. The molecule has 0 bridgehead atoms. The number of ether oxygens (including phenoxy) is 3. The molecule has 9 nitrogen and oxygen atoms in total. The normalized spacial score (nSPS) is 11.8. The largest absolute Gasteiger partial charge is 0.492 e. The highest BCUT2D eigenvalue weighted by Crippen LogP contribution is 2.35. The Hall–Kier alpha value is -3.49. The van der Waals surface area contributed by atoms with Crippen molar-refractivity contribution in [1.82, 2.24) is 5.32 Å². The van der Waals surface area contributed by atoms with Gasteiger partial charge in [-0.25, -0.2) is 0 Å². The Morgan fingerprint density at radius 3 is 2.74 bits per heavy atom. The van der Waals surface area contributed by atoms with Crippen LogP contribution in [-0.4, -0.2) is 44.9 Å². The van der Waals surface area contributed by atoms with Crippen molar-refractivity contribution in [2.24, 2.45) is 0 Å². The van der Waals surface area contributed by atoms with Gasteiger partial charge in [0.1, 0.15) is 12.4 Å². The van der Waals surface area contributed by atoms with Crippen molar-refractivity contribution in [3.63, 3.8) is 0 Å². The molecule has 1 N–H and O–H groups in total. The SMILES string of the molecule is CN(C)c1ccc([N+](=O)[O-])cc1C(=O)NCCOc1ccc2c(c1)OCO2. The Morgan fingerprint density at radius 2 is 2.00 bits per heavy atom. The molecule has 0 fully saturated rings. The van der Waals surface area contributed by atoms with Crippen molar-refractivity contribution in [3.8, 4) is 17.2 Å². The van der Waals surface area contributed by atoms with E-state index in [1.807, 2.05) is 0 Å². The highest BCUT2D eigenvalue weighted by molar-refractivity contribution is 6.00. The van der Waals surface area contributed by atoms with Gasteiger partial charge in [0.05, 0.1) is 17.0 Å². The van der Waals surface area contributed by atoms with Crippen LogP contribution in [-0.2, 0) is 0 Å². The maximum absolute atomic E-state index is 12.5. The maximum Gasteiger partial charge on any atom is 0.270 e. The van der Waals surface area contributed by atoms with E-state index in [4.69, 9.17) is 14.2 Å². The molecule has 2 aromatic rings. The van der Waals surface area contributed by atoms with Crippen molar-refractivity contribution in [1.29, 1.82) is 0 Å². The summed E-state index contributed by atoms with van der Waals surface area (Å²) < 4.78 is 16.1. The van der Waals surface area contributed by atoms with Gasteiger partial charge in [-0.05, 0) is 18.2 Å². The molecule has 9 heteroatoms. The van der Waals surface area contributed by atoms with Crippen molar-refractivity contribution in [2.75, 3.05) is 38.9 Å². The van der Waals surface area contributed by atoms with Gasteiger partial charge in [-0.1, -0.05) is 0 Å². The van der Waals surface area contributed by atoms with Gasteiger partial charge in [-0.3, -0.25) is 14.9 Å². The Balaban J connectivity index is 1.59. The summed E-state index contributed by atoms with van der Waals surface area (Å²) in [7, 11) is 3.53. The van der Waals surface area contributed by atoms with E-state index in [1.165, 1.54) is 12.1 Å². The Labute approximate surface area is 155 Å². The summed E-state index contributed by atoms with van der Waals surface area (Å²) in [4.78, 5) is 24.6. The van der Waals surface area contributed by atoms with Crippen LogP contribution in [0.1, 0.15) is 10.4 Å². The molecule has 0 spiro atoms. The van der Waals surface area contributed by atoms with Crippen molar-refractivity contribution >= 4 is 17.3 Å². The number of hydrogen-bond donors (Lipinski definition) is 1. The molecule has 0 unspecified atom stereocenters. The molecule has 1 aliphatic heterocycles. The van der Waals surface area contributed by atoms with E-state index < -0.39 is 10.8 Å². The minimum absolute atomic E-state index is 0.137. The number of carbonyl (C=O) groups excluding carboxylic acids is 1. The summed E-state index contributed by atoms with van der Waals surface area (Å²) in [6.07, 6.45) is 0. The third-order valence-corrected chi connectivity index (χ3v) is 3.92. The molecule has 0 saturated carbocycles. The highest BCUT2D eigenvalue weighted by atomic mass is 16.7. The summed E-state index contributed by atoms with van der Waals surface area (Å²) in [6.45, 7) is 0.659. The number of carbonyl (C=O) groups is 1. The Morgan fingerprint density at radius 1 is 1.22 bits per heavy atom. The highest BCUT2D eigenvalue weighted by Gasteiger charge is 2.18. The topological polar surface area (TPSA) is 103 Å². The van der Waals surface area contributed by atoms with E-state index in [0.717, 1.165) is 0 Å². The van der Waals surface area contributed by atoms with Gasteiger partial charge in [-0.15, -0.1) is 0 Å². The first-order chi connectivity index (χ1) is 13.0. The molecule has 142 valence electrons. The van der Waals surface area contributed by atoms with Crippen molar-refractivity contribution in [3.05, 3.63) is 52.1 Å². The number of anilines is 1. The van der Waals surface area contributed by atoms with E-state index in [0.29, 0.717) is 22.9 Å². The van der Waals surface area contributed by atoms with Crippen LogP contribution in [0.25, 0.3) is 0 Å². The lowest BCUT2D eigenvalue weighted by Crippen LogP contribution is -2.29. The zero-order chi connectivity index (χ0) is 19.4. The van der Waals surface area contributed by atoms with E-state index in [9.17, 15) is 14.9 Å². The summed E-state index contributed by atoms with van der Waals surface area (Å²) >= 11 is 0. The van der Waals surface area contributed by atoms with Gasteiger partial charge < -0.3 is 24.4 Å². The minimum atomic E-state index is -0.529. The number of nitrogens with zero attached hydrogens (tertiary/aromatic N) is 2. The summed E-state index contributed by atoms with van der Waals surface area (Å²) in [6, 6.07) is 9.41. The number of nitrogens with one attached hydrogen (secondary N) is 1. The average molecular weight is 373 g/mol. The van der Waals surface area contributed by atoms with Gasteiger partial charge in [0.2, 0.25) is 6.79 Å².